The van der Waals surface area contributed by atoms with Crippen LogP contribution < -0.4 is 39.3 Å². The monoisotopic (exact) mass is 755 g/mol. The van der Waals surface area contributed by atoms with Gasteiger partial charge in [-0.1, -0.05) is 0 Å². The van der Waals surface area contributed by atoms with Crippen molar-refractivity contribution in [1.82, 2.24) is 10.6 Å². The Hall–Kier alpha value is -0.840. The third kappa shape index (κ3) is 9.57. The average molecular weight is 756 g/mol. The zero-order chi connectivity index (χ0) is 37.7. The van der Waals surface area contributed by atoms with Crippen molar-refractivity contribution < 1.29 is 68.9 Å². The second-order valence-corrected chi connectivity index (χ2v) is 14.5. The van der Waals surface area contributed by atoms with Crippen LogP contribution in [0.2, 0.25) is 0 Å². The van der Waals surface area contributed by atoms with Crippen molar-refractivity contribution in [2.24, 2.45) is 34.6 Å². The maximum Gasteiger partial charge on any atom is 0.187 e. The van der Waals surface area contributed by atoms with Crippen LogP contribution in [0, 0.1) is 5.92 Å². The van der Waals surface area contributed by atoms with Crippen LogP contribution in [-0.4, -0.2) is 205 Å². The number of hydrogen-bond acceptors (Lipinski definition) is 21. The third-order valence-corrected chi connectivity index (χ3v) is 10.7. The number of rotatable bonds is 15. The molecule has 0 aromatic rings. The Morgan fingerprint density at radius 2 is 1.27 bits per heavy atom. The SMILES string of the molecule is NC[C@@H]1O[C@H](O[C@H]2[C@@H](OCCNCC3CCCNC3)[C@H](O[C@@H]3[C@@H](O)[C@H](N)C[C@H](N)[C@H]3O[C@H]3O[C@H](CO)[C@@H](O)[C@H](O)[C@H]3N)O[C@@H]2CO)[C@H](N)[C@@H](O)[C@@H]1O. The smallest absolute Gasteiger partial charge is 0.187 e. The molecule has 5 rings (SSSR count). The van der Waals surface area contributed by atoms with E-state index in [-0.39, 0.29) is 19.6 Å². The lowest BCUT2D eigenvalue weighted by Gasteiger charge is -2.47. The summed E-state index contributed by atoms with van der Waals surface area (Å²) in [5.41, 5.74) is 30.8. The molecular formula is C31H61N7O14. The molecule has 304 valence electrons. The minimum atomic E-state index is -1.52. The lowest BCUT2D eigenvalue weighted by molar-refractivity contribution is -0.311. The molecule has 0 spiro atoms. The highest BCUT2D eigenvalue weighted by Crippen LogP contribution is 2.35. The van der Waals surface area contributed by atoms with Crippen molar-refractivity contribution in [1.29, 1.82) is 0 Å². The predicted molar refractivity (Wildman–Crippen MR) is 179 cm³/mol. The van der Waals surface area contributed by atoms with Crippen LogP contribution in [0.25, 0.3) is 0 Å². The first-order valence-electron chi connectivity index (χ1n) is 18.2. The molecule has 4 aliphatic heterocycles. The molecule has 0 aromatic heterocycles. The van der Waals surface area contributed by atoms with Gasteiger partial charge in [0, 0.05) is 25.2 Å². The first-order valence-corrected chi connectivity index (χ1v) is 18.2. The van der Waals surface area contributed by atoms with Crippen LogP contribution in [0.1, 0.15) is 19.3 Å². The third-order valence-electron chi connectivity index (χ3n) is 10.7. The van der Waals surface area contributed by atoms with Gasteiger partial charge in [0.1, 0.15) is 67.1 Å². The predicted octanol–water partition coefficient (Wildman–Crippen LogP) is -8.25. The molecule has 4 heterocycles. The minimum Gasteiger partial charge on any atom is -0.394 e. The summed E-state index contributed by atoms with van der Waals surface area (Å²) >= 11 is 0. The number of piperidine rings is 1. The molecular weight excluding hydrogens is 694 g/mol. The summed E-state index contributed by atoms with van der Waals surface area (Å²) in [6.07, 6.45) is -17.0. The van der Waals surface area contributed by atoms with Crippen LogP contribution in [-0.2, 0) is 33.2 Å². The molecule has 5 aliphatic rings. The number of hydrogen-bond donors (Lipinski definition) is 14. The highest BCUT2D eigenvalue weighted by Gasteiger charge is 2.55. The Morgan fingerprint density at radius 3 is 1.88 bits per heavy atom. The van der Waals surface area contributed by atoms with Crippen LogP contribution in [0.15, 0.2) is 0 Å². The van der Waals surface area contributed by atoms with Gasteiger partial charge in [-0.15, -0.1) is 0 Å². The fourth-order valence-electron chi connectivity index (χ4n) is 7.53. The zero-order valence-electron chi connectivity index (χ0n) is 29.2. The van der Waals surface area contributed by atoms with Crippen molar-refractivity contribution in [3.05, 3.63) is 0 Å². The fraction of sp³-hybridized carbons (Fsp3) is 1.00. The average Bonchev–Trinajstić information content (AvgIpc) is 3.47. The summed E-state index contributed by atoms with van der Waals surface area (Å²) < 4.78 is 42.6. The summed E-state index contributed by atoms with van der Waals surface area (Å²) in [6.45, 7) is 1.87. The molecule has 0 amide bonds. The maximum atomic E-state index is 11.3. The number of aliphatic hydroxyl groups excluding tert-OH is 7. The Labute approximate surface area is 302 Å². The Kier molecular flexibility index (Phi) is 15.7. The van der Waals surface area contributed by atoms with Gasteiger partial charge < -0.3 is 108 Å². The largest absolute Gasteiger partial charge is 0.394 e. The van der Waals surface area contributed by atoms with Crippen molar-refractivity contribution in [3.8, 4) is 0 Å². The van der Waals surface area contributed by atoms with Gasteiger partial charge in [-0.05, 0) is 44.8 Å². The van der Waals surface area contributed by atoms with Crippen LogP contribution >= 0.6 is 0 Å². The second kappa shape index (κ2) is 19.3. The zero-order valence-corrected chi connectivity index (χ0v) is 29.2. The number of nitrogens with one attached hydrogen (secondary N) is 2. The van der Waals surface area contributed by atoms with Gasteiger partial charge in [-0.25, -0.2) is 0 Å². The molecule has 1 saturated carbocycles. The molecule has 1 unspecified atom stereocenters. The number of aliphatic hydroxyl groups is 7. The van der Waals surface area contributed by atoms with Gasteiger partial charge in [0.15, 0.2) is 18.9 Å². The molecule has 19 N–H and O–H groups in total. The lowest BCUT2D eigenvalue weighted by Crippen LogP contribution is -2.68. The van der Waals surface area contributed by atoms with E-state index >= 15 is 0 Å². The maximum absolute atomic E-state index is 11.3. The van der Waals surface area contributed by atoms with E-state index in [2.05, 4.69) is 10.6 Å². The first kappa shape index (κ1) is 42.3. The summed E-state index contributed by atoms with van der Waals surface area (Å²) in [5.74, 6) is 0.466. The molecule has 4 saturated heterocycles. The molecule has 52 heavy (non-hydrogen) atoms. The van der Waals surface area contributed by atoms with Gasteiger partial charge in [-0.2, -0.15) is 0 Å². The number of ether oxygens (including phenoxy) is 7. The van der Waals surface area contributed by atoms with E-state index in [4.69, 9.17) is 61.8 Å². The molecule has 21 nitrogen and oxygen atoms in total. The second-order valence-electron chi connectivity index (χ2n) is 14.5. The molecule has 0 aromatic carbocycles. The highest BCUT2D eigenvalue weighted by molar-refractivity contribution is 5.02. The topological polar surface area (TPSA) is 360 Å². The van der Waals surface area contributed by atoms with E-state index < -0.39 is 129 Å². The molecule has 20 atom stereocenters. The van der Waals surface area contributed by atoms with E-state index in [1.807, 2.05) is 0 Å². The normalized spacial score (nSPS) is 48.9. The van der Waals surface area contributed by atoms with Crippen molar-refractivity contribution in [3.63, 3.8) is 0 Å². The summed E-state index contributed by atoms with van der Waals surface area (Å²) in [5, 5.41) is 80.0. The van der Waals surface area contributed by atoms with Crippen molar-refractivity contribution >= 4 is 0 Å². The Bertz CT molecular complexity index is 1070. The molecule has 5 fully saturated rings. The molecule has 0 radical (unpaired) electrons. The molecule has 1 aliphatic carbocycles. The van der Waals surface area contributed by atoms with Gasteiger partial charge in [-0.3, -0.25) is 0 Å². The standard InChI is InChI=1S/C31H61N7O14/c32-7-15-21(42)23(44)18(35)29(47-15)51-26-17(11-40)49-31(28(26)46-5-4-38-9-12-2-1-3-37-8-12)52-27-20(41)13(33)6-14(34)25(27)50-30-19(36)24(45)22(43)16(10-39)48-30/h12-31,37-45H,1-11,32-36H2/t12?,13-,14+,15+,16-,17-,18-,19-,20+,21-,22-,23-,24-,25-,26-,27-,28-,29-,30-,31+/m1/s1. The van der Waals surface area contributed by atoms with E-state index in [9.17, 15) is 35.7 Å². The van der Waals surface area contributed by atoms with Gasteiger partial charge in [0.25, 0.3) is 0 Å². The first-order chi connectivity index (χ1) is 24.9. The summed E-state index contributed by atoms with van der Waals surface area (Å²) in [4.78, 5) is 0. The van der Waals surface area contributed by atoms with Crippen molar-refractivity contribution in [2.45, 2.75) is 136 Å². The quantitative estimate of drug-likeness (QED) is 0.0690. The summed E-state index contributed by atoms with van der Waals surface area (Å²) in [7, 11) is 0. The van der Waals surface area contributed by atoms with Crippen LogP contribution in [0.5, 0.6) is 0 Å². The molecule has 0 bridgehead atoms. The van der Waals surface area contributed by atoms with Crippen molar-refractivity contribution in [2.75, 3.05) is 52.5 Å². The van der Waals surface area contributed by atoms with E-state index in [0.717, 1.165) is 32.5 Å². The Balaban J connectivity index is 1.35. The molecule has 21 heteroatoms. The van der Waals surface area contributed by atoms with Crippen LogP contribution in [0.4, 0.5) is 0 Å². The van der Waals surface area contributed by atoms with Crippen LogP contribution in [0.3, 0.4) is 0 Å². The van der Waals surface area contributed by atoms with E-state index in [0.29, 0.717) is 12.5 Å². The Morgan fingerprint density at radius 1 is 0.673 bits per heavy atom. The van der Waals surface area contributed by atoms with E-state index in [1.165, 1.54) is 0 Å². The van der Waals surface area contributed by atoms with Gasteiger partial charge >= 0.3 is 0 Å². The van der Waals surface area contributed by atoms with Gasteiger partial charge in [0.05, 0.1) is 38.0 Å². The summed E-state index contributed by atoms with van der Waals surface area (Å²) in [6, 6.07) is -4.20. The fourth-order valence-corrected chi connectivity index (χ4v) is 7.53. The highest BCUT2D eigenvalue weighted by atomic mass is 16.8. The lowest BCUT2D eigenvalue weighted by atomic mass is 9.84. The number of nitrogens with two attached hydrogens (primary N) is 5. The minimum absolute atomic E-state index is 0.0916. The van der Waals surface area contributed by atoms with Gasteiger partial charge in [0.2, 0.25) is 0 Å². The van der Waals surface area contributed by atoms with E-state index in [1.54, 1.807) is 0 Å².